The average Bonchev–Trinajstić information content (AvgIpc) is 2.28. The second-order valence-electron chi connectivity index (χ2n) is 3.32. The Bertz CT molecular complexity index is 384. The summed E-state index contributed by atoms with van der Waals surface area (Å²) >= 11 is 0. The van der Waals surface area contributed by atoms with Gasteiger partial charge in [-0.25, -0.2) is 13.6 Å². The van der Waals surface area contributed by atoms with Gasteiger partial charge in [0.15, 0.2) is 0 Å². The number of alkyl halides is 2. The van der Waals surface area contributed by atoms with E-state index < -0.39 is 24.5 Å². The van der Waals surface area contributed by atoms with Crippen LogP contribution in [0, 0.1) is 0 Å². The van der Waals surface area contributed by atoms with Crippen molar-refractivity contribution in [1.82, 2.24) is 0 Å². The molecule has 1 aromatic rings. The van der Waals surface area contributed by atoms with E-state index in [-0.39, 0.29) is 23.5 Å². The molecule has 0 aliphatic rings. The molecule has 7 heteroatoms. The van der Waals surface area contributed by atoms with Gasteiger partial charge in [0, 0.05) is 0 Å². The molecule has 0 radical (unpaired) electrons. The number of benzene rings is 1. The predicted octanol–water partition coefficient (Wildman–Crippen LogP) is 1.43. The van der Waals surface area contributed by atoms with Crippen LogP contribution in [0.1, 0.15) is 22.0 Å². The van der Waals surface area contributed by atoms with Crippen LogP contribution < -0.4 is 5.73 Å². The van der Waals surface area contributed by atoms with Crippen molar-refractivity contribution in [2.75, 3.05) is 6.61 Å². The lowest BCUT2D eigenvalue weighted by Crippen LogP contribution is -2.36. The third kappa shape index (κ3) is 3.62. The molecule has 17 heavy (non-hydrogen) atoms. The van der Waals surface area contributed by atoms with E-state index in [0.717, 1.165) is 0 Å². The van der Waals surface area contributed by atoms with Gasteiger partial charge >= 0.3 is 5.97 Å². The molecule has 1 atom stereocenters. The molecule has 96 valence electrons. The highest BCUT2D eigenvalue weighted by atomic mass is 35.5. The van der Waals surface area contributed by atoms with Gasteiger partial charge in [0.2, 0.25) is 0 Å². The summed E-state index contributed by atoms with van der Waals surface area (Å²) in [6, 6.07) is 3.13. The van der Waals surface area contributed by atoms with Gasteiger partial charge in [-0.1, -0.05) is 12.1 Å². The second-order valence-corrected chi connectivity index (χ2v) is 3.32. The number of halogens is 3. The predicted molar refractivity (Wildman–Crippen MR) is 59.6 cm³/mol. The Hall–Kier alpha value is -1.24. The maximum Gasteiger partial charge on any atom is 0.335 e. The topological polar surface area (TPSA) is 83.6 Å². The lowest BCUT2D eigenvalue weighted by molar-refractivity contribution is -0.0711. The SMILES string of the molecule is Cl.N[C@H](c1ccc(C(=O)O)cc1)C(F)(F)CO. The Morgan fingerprint density at radius 3 is 2.18 bits per heavy atom. The summed E-state index contributed by atoms with van der Waals surface area (Å²) in [5.74, 6) is -4.57. The lowest BCUT2D eigenvalue weighted by atomic mass is 10.0. The summed E-state index contributed by atoms with van der Waals surface area (Å²) in [5.41, 5.74) is 5.31. The Morgan fingerprint density at radius 1 is 1.35 bits per heavy atom. The second kappa shape index (κ2) is 5.90. The van der Waals surface area contributed by atoms with Gasteiger partial charge in [0.1, 0.15) is 6.61 Å². The van der Waals surface area contributed by atoms with Gasteiger partial charge in [-0.05, 0) is 17.7 Å². The molecule has 4 N–H and O–H groups in total. The summed E-state index contributed by atoms with van der Waals surface area (Å²) in [6.45, 7) is -1.35. The van der Waals surface area contributed by atoms with Crippen LogP contribution >= 0.6 is 12.4 Å². The van der Waals surface area contributed by atoms with E-state index in [9.17, 15) is 13.6 Å². The normalized spacial score (nSPS) is 12.7. The summed E-state index contributed by atoms with van der Waals surface area (Å²) in [5, 5.41) is 17.0. The Balaban J connectivity index is 0.00000256. The van der Waals surface area contributed by atoms with E-state index >= 15 is 0 Å². The Labute approximate surface area is 102 Å². The van der Waals surface area contributed by atoms with Crippen molar-refractivity contribution in [1.29, 1.82) is 0 Å². The van der Waals surface area contributed by atoms with Crippen LogP contribution in [0.15, 0.2) is 24.3 Å². The number of hydrogen-bond donors (Lipinski definition) is 3. The molecule has 0 saturated carbocycles. The molecule has 1 rings (SSSR count). The minimum Gasteiger partial charge on any atom is -0.478 e. The van der Waals surface area contributed by atoms with E-state index in [2.05, 4.69) is 0 Å². The minimum absolute atomic E-state index is 0. The minimum atomic E-state index is -3.43. The summed E-state index contributed by atoms with van der Waals surface area (Å²) in [6.07, 6.45) is 0. The van der Waals surface area contributed by atoms with Gasteiger partial charge in [0.25, 0.3) is 5.92 Å². The fraction of sp³-hybridized carbons (Fsp3) is 0.300. The van der Waals surface area contributed by atoms with E-state index in [1.807, 2.05) is 0 Å². The van der Waals surface area contributed by atoms with Crippen molar-refractivity contribution in [2.45, 2.75) is 12.0 Å². The fourth-order valence-electron chi connectivity index (χ4n) is 1.18. The molecule has 0 heterocycles. The molecule has 0 aliphatic heterocycles. The van der Waals surface area contributed by atoms with Crippen molar-refractivity contribution < 1.29 is 23.8 Å². The van der Waals surface area contributed by atoms with Crippen molar-refractivity contribution >= 4 is 18.4 Å². The first-order chi connectivity index (χ1) is 7.38. The zero-order chi connectivity index (χ0) is 12.3. The van der Waals surface area contributed by atoms with Crippen LogP contribution in [0.4, 0.5) is 8.78 Å². The molecule has 0 amide bonds. The highest BCUT2D eigenvalue weighted by Crippen LogP contribution is 2.28. The van der Waals surface area contributed by atoms with Crippen LogP contribution in [-0.2, 0) is 0 Å². The Morgan fingerprint density at radius 2 is 1.82 bits per heavy atom. The van der Waals surface area contributed by atoms with Gasteiger partial charge in [-0.15, -0.1) is 12.4 Å². The number of aromatic carboxylic acids is 1. The molecule has 0 bridgehead atoms. The first kappa shape index (κ1) is 15.8. The molecular weight excluding hydrogens is 256 g/mol. The quantitative estimate of drug-likeness (QED) is 0.771. The van der Waals surface area contributed by atoms with Crippen molar-refractivity contribution in [3.05, 3.63) is 35.4 Å². The molecule has 0 saturated heterocycles. The molecule has 0 aliphatic carbocycles. The molecule has 0 spiro atoms. The third-order valence-corrected chi connectivity index (χ3v) is 2.18. The summed E-state index contributed by atoms with van der Waals surface area (Å²) < 4.78 is 26.0. The monoisotopic (exact) mass is 267 g/mol. The number of carboxylic acids is 1. The van der Waals surface area contributed by atoms with Gasteiger partial charge in [-0.2, -0.15) is 0 Å². The number of hydrogen-bond acceptors (Lipinski definition) is 3. The zero-order valence-corrected chi connectivity index (χ0v) is 9.45. The maximum atomic E-state index is 13.0. The number of rotatable bonds is 4. The average molecular weight is 268 g/mol. The zero-order valence-electron chi connectivity index (χ0n) is 8.64. The number of aliphatic hydroxyl groups excluding tert-OH is 1. The van der Waals surface area contributed by atoms with E-state index in [1.54, 1.807) is 0 Å². The maximum absolute atomic E-state index is 13.0. The van der Waals surface area contributed by atoms with E-state index in [0.29, 0.717) is 0 Å². The smallest absolute Gasteiger partial charge is 0.335 e. The van der Waals surface area contributed by atoms with Gasteiger partial charge in [0.05, 0.1) is 11.6 Å². The molecule has 0 fully saturated rings. The first-order valence-electron chi connectivity index (χ1n) is 4.46. The van der Waals surface area contributed by atoms with Crippen LogP contribution in [-0.4, -0.2) is 28.7 Å². The molecule has 0 unspecified atom stereocenters. The number of aliphatic hydroxyl groups is 1. The third-order valence-electron chi connectivity index (χ3n) is 2.18. The summed E-state index contributed by atoms with van der Waals surface area (Å²) in [7, 11) is 0. The lowest BCUT2D eigenvalue weighted by Gasteiger charge is -2.21. The molecule has 1 aromatic carbocycles. The molecular formula is C10H12ClF2NO3. The Kier molecular flexibility index (Phi) is 5.47. The largest absolute Gasteiger partial charge is 0.478 e. The van der Waals surface area contributed by atoms with Crippen LogP contribution in [0.2, 0.25) is 0 Å². The van der Waals surface area contributed by atoms with E-state index in [1.165, 1.54) is 24.3 Å². The van der Waals surface area contributed by atoms with Crippen molar-refractivity contribution in [3.63, 3.8) is 0 Å². The summed E-state index contributed by atoms with van der Waals surface area (Å²) in [4.78, 5) is 10.5. The number of carbonyl (C=O) groups is 1. The van der Waals surface area contributed by atoms with Gasteiger partial charge in [-0.3, -0.25) is 0 Å². The van der Waals surface area contributed by atoms with Crippen molar-refractivity contribution in [3.8, 4) is 0 Å². The molecule has 4 nitrogen and oxygen atoms in total. The highest BCUT2D eigenvalue weighted by molar-refractivity contribution is 5.87. The van der Waals surface area contributed by atoms with Gasteiger partial charge < -0.3 is 15.9 Å². The standard InChI is InChI=1S/C10H11F2NO3.ClH/c11-10(12,5-14)8(13)6-1-3-7(4-2-6)9(15)16;/h1-4,8,14H,5,13H2,(H,15,16);1H/t8-;/m1./s1. The van der Waals surface area contributed by atoms with Crippen LogP contribution in [0.25, 0.3) is 0 Å². The fourth-order valence-corrected chi connectivity index (χ4v) is 1.18. The molecule has 0 aromatic heterocycles. The highest BCUT2D eigenvalue weighted by Gasteiger charge is 2.37. The number of carboxylic acid groups (broad SMARTS) is 1. The van der Waals surface area contributed by atoms with Crippen LogP contribution in [0.3, 0.4) is 0 Å². The van der Waals surface area contributed by atoms with E-state index in [4.69, 9.17) is 15.9 Å². The number of nitrogens with two attached hydrogens (primary N) is 1. The van der Waals surface area contributed by atoms with Crippen molar-refractivity contribution in [2.24, 2.45) is 5.73 Å². The van der Waals surface area contributed by atoms with Crippen LogP contribution in [0.5, 0.6) is 0 Å². The first-order valence-corrected chi connectivity index (χ1v) is 4.46.